The van der Waals surface area contributed by atoms with Crippen LogP contribution in [0, 0.1) is 6.92 Å². The largest absolute Gasteiger partial charge is 0.392 e. The molecule has 1 N–H and O–H groups in total. The second-order valence-electron chi connectivity index (χ2n) is 5.20. The van der Waals surface area contributed by atoms with Gasteiger partial charge in [0.2, 0.25) is 5.89 Å². The minimum absolute atomic E-state index is 0.0106. The summed E-state index contributed by atoms with van der Waals surface area (Å²) in [5.41, 5.74) is 1.22. The molecule has 1 aliphatic rings. The molecule has 0 aromatic carbocycles. The van der Waals surface area contributed by atoms with Crippen molar-refractivity contribution in [2.45, 2.75) is 32.0 Å². The van der Waals surface area contributed by atoms with Gasteiger partial charge in [-0.2, -0.15) is 4.98 Å². The van der Waals surface area contributed by atoms with Gasteiger partial charge in [0.25, 0.3) is 0 Å². The van der Waals surface area contributed by atoms with E-state index in [1.165, 1.54) is 5.56 Å². The molecule has 2 atom stereocenters. The van der Waals surface area contributed by atoms with E-state index < -0.39 is 0 Å². The molecule has 102 valence electrons. The van der Waals surface area contributed by atoms with Gasteiger partial charge in [0.1, 0.15) is 0 Å². The highest BCUT2D eigenvalue weighted by molar-refractivity contribution is 5.11. The van der Waals surface area contributed by atoms with Crippen molar-refractivity contribution < 1.29 is 9.63 Å². The van der Waals surface area contributed by atoms with Crippen molar-refractivity contribution in [3.05, 3.63) is 35.7 Å². The van der Waals surface area contributed by atoms with Crippen molar-refractivity contribution in [1.82, 2.24) is 19.6 Å². The molecular formula is C13H18N4O2. The predicted octanol–water partition coefficient (Wildman–Crippen LogP) is 1.02. The van der Waals surface area contributed by atoms with Gasteiger partial charge in [-0.15, -0.1) is 0 Å². The number of aromatic nitrogens is 3. The third kappa shape index (κ3) is 2.54. The smallest absolute Gasteiger partial charge is 0.244 e. The summed E-state index contributed by atoms with van der Waals surface area (Å²) in [7, 11) is 2.00. The van der Waals surface area contributed by atoms with Gasteiger partial charge in [0.15, 0.2) is 5.82 Å². The monoisotopic (exact) mass is 262 g/mol. The van der Waals surface area contributed by atoms with Gasteiger partial charge in [-0.25, -0.2) is 0 Å². The van der Waals surface area contributed by atoms with Crippen LogP contribution in [0.3, 0.4) is 0 Å². The summed E-state index contributed by atoms with van der Waals surface area (Å²) in [4.78, 5) is 6.48. The number of aliphatic hydroxyl groups excluding tert-OH is 1. The maximum atomic E-state index is 9.88. The molecule has 0 spiro atoms. The van der Waals surface area contributed by atoms with Crippen LogP contribution >= 0.6 is 0 Å². The van der Waals surface area contributed by atoms with E-state index in [-0.39, 0.29) is 12.1 Å². The van der Waals surface area contributed by atoms with Gasteiger partial charge in [0, 0.05) is 32.5 Å². The van der Waals surface area contributed by atoms with Crippen molar-refractivity contribution in [3.8, 4) is 0 Å². The first kappa shape index (κ1) is 12.4. The maximum Gasteiger partial charge on any atom is 0.244 e. The number of hydrogen-bond donors (Lipinski definition) is 1. The van der Waals surface area contributed by atoms with Crippen molar-refractivity contribution >= 4 is 0 Å². The van der Waals surface area contributed by atoms with Crippen LogP contribution < -0.4 is 0 Å². The molecule has 19 heavy (non-hydrogen) atoms. The number of aryl methyl sites for hydroxylation is 2. The molecule has 1 fully saturated rings. The van der Waals surface area contributed by atoms with Crippen LogP contribution in [0.4, 0.5) is 0 Å². The highest BCUT2D eigenvalue weighted by atomic mass is 16.5. The Bertz CT molecular complexity index is 562. The Morgan fingerprint density at radius 1 is 1.53 bits per heavy atom. The molecule has 2 aromatic rings. The molecule has 0 saturated carbocycles. The van der Waals surface area contributed by atoms with Gasteiger partial charge < -0.3 is 14.2 Å². The highest BCUT2D eigenvalue weighted by Gasteiger charge is 2.35. The third-order valence-corrected chi connectivity index (χ3v) is 3.49. The number of hydrogen-bond acceptors (Lipinski definition) is 5. The quantitative estimate of drug-likeness (QED) is 0.894. The first-order valence-electron chi connectivity index (χ1n) is 6.45. The van der Waals surface area contributed by atoms with E-state index in [2.05, 4.69) is 27.3 Å². The SMILES string of the molecule is Cc1noc([C@H]2C[C@H](O)CN2Cc2ccn(C)c2)n1. The standard InChI is InChI=1S/C13H18N4O2/c1-9-14-13(19-15-9)12-5-11(18)8-17(12)7-10-3-4-16(2)6-10/h3-4,6,11-12,18H,5,7-8H2,1-2H3/t11-,12+/m0/s1. The molecule has 0 aliphatic carbocycles. The van der Waals surface area contributed by atoms with Crippen LogP contribution in [0.2, 0.25) is 0 Å². The second kappa shape index (κ2) is 4.79. The first-order chi connectivity index (χ1) is 9.11. The first-order valence-corrected chi connectivity index (χ1v) is 6.45. The number of likely N-dealkylation sites (tertiary alicyclic amines) is 1. The summed E-state index contributed by atoms with van der Waals surface area (Å²) < 4.78 is 7.27. The van der Waals surface area contributed by atoms with E-state index >= 15 is 0 Å². The normalized spacial score (nSPS) is 24.2. The highest BCUT2D eigenvalue weighted by Crippen LogP contribution is 2.32. The molecule has 3 rings (SSSR count). The predicted molar refractivity (Wildman–Crippen MR) is 68.2 cm³/mol. The van der Waals surface area contributed by atoms with Gasteiger partial charge in [-0.1, -0.05) is 5.16 Å². The Morgan fingerprint density at radius 2 is 2.37 bits per heavy atom. The maximum absolute atomic E-state index is 9.88. The molecular weight excluding hydrogens is 244 g/mol. The van der Waals surface area contributed by atoms with Crippen molar-refractivity contribution in [2.24, 2.45) is 7.05 Å². The van der Waals surface area contributed by atoms with Crippen molar-refractivity contribution in [3.63, 3.8) is 0 Å². The van der Waals surface area contributed by atoms with Gasteiger partial charge >= 0.3 is 0 Å². The minimum atomic E-state index is -0.332. The van der Waals surface area contributed by atoms with Crippen LogP contribution in [0.15, 0.2) is 23.0 Å². The fourth-order valence-electron chi connectivity index (χ4n) is 2.65. The lowest BCUT2D eigenvalue weighted by Gasteiger charge is -2.20. The molecule has 1 aliphatic heterocycles. The molecule has 0 bridgehead atoms. The summed E-state index contributed by atoms with van der Waals surface area (Å²) in [5.74, 6) is 1.24. The number of rotatable bonds is 3. The fraction of sp³-hybridized carbons (Fsp3) is 0.538. The summed E-state index contributed by atoms with van der Waals surface area (Å²) in [6.07, 6.45) is 4.42. The summed E-state index contributed by atoms with van der Waals surface area (Å²) >= 11 is 0. The van der Waals surface area contributed by atoms with Gasteiger partial charge in [-0.05, 0) is 25.0 Å². The Morgan fingerprint density at radius 3 is 3.00 bits per heavy atom. The lowest BCUT2D eigenvalue weighted by molar-refractivity contribution is 0.169. The molecule has 0 amide bonds. The second-order valence-corrected chi connectivity index (χ2v) is 5.20. The topological polar surface area (TPSA) is 67.3 Å². The molecule has 3 heterocycles. The summed E-state index contributed by atoms with van der Waals surface area (Å²) in [5, 5.41) is 13.7. The Hall–Kier alpha value is -1.66. The fourth-order valence-corrected chi connectivity index (χ4v) is 2.65. The van der Waals surface area contributed by atoms with Gasteiger partial charge in [0.05, 0.1) is 12.1 Å². The average Bonchev–Trinajstić information content (AvgIpc) is 3.02. The number of β-amino-alcohol motifs (C(OH)–C–C–N with tert-alkyl or cyclic N) is 1. The van der Waals surface area contributed by atoms with Crippen LogP contribution in [0.25, 0.3) is 0 Å². The Kier molecular flexibility index (Phi) is 3.12. The lowest BCUT2D eigenvalue weighted by atomic mass is 10.2. The van der Waals surface area contributed by atoms with E-state index in [0.717, 1.165) is 6.54 Å². The molecule has 2 aromatic heterocycles. The molecule has 1 saturated heterocycles. The molecule has 0 unspecified atom stereocenters. The van der Waals surface area contributed by atoms with Crippen LogP contribution in [0.5, 0.6) is 0 Å². The summed E-state index contributed by atoms with van der Waals surface area (Å²) in [6, 6.07) is 2.09. The molecule has 6 nitrogen and oxygen atoms in total. The zero-order valence-electron chi connectivity index (χ0n) is 11.2. The Labute approximate surface area is 111 Å². The summed E-state index contributed by atoms with van der Waals surface area (Å²) in [6.45, 7) is 3.23. The van der Waals surface area contributed by atoms with E-state index in [1.807, 2.05) is 17.8 Å². The van der Waals surface area contributed by atoms with Crippen molar-refractivity contribution in [2.75, 3.05) is 6.54 Å². The van der Waals surface area contributed by atoms with Crippen LogP contribution in [0.1, 0.15) is 29.7 Å². The average molecular weight is 262 g/mol. The third-order valence-electron chi connectivity index (χ3n) is 3.49. The van der Waals surface area contributed by atoms with Gasteiger partial charge in [-0.3, -0.25) is 4.90 Å². The molecule has 6 heteroatoms. The van der Waals surface area contributed by atoms with Crippen molar-refractivity contribution in [1.29, 1.82) is 0 Å². The van der Waals surface area contributed by atoms with E-state index in [1.54, 1.807) is 6.92 Å². The van der Waals surface area contributed by atoms with E-state index in [0.29, 0.717) is 24.7 Å². The number of aliphatic hydroxyl groups is 1. The van der Waals surface area contributed by atoms with E-state index in [9.17, 15) is 5.11 Å². The zero-order valence-corrected chi connectivity index (χ0v) is 11.2. The minimum Gasteiger partial charge on any atom is -0.392 e. The van der Waals surface area contributed by atoms with E-state index in [4.69, 9.17) is 4.52 Å². The lowest BCUT2D eigenvalue weighted by Crippen LogP contribution is -2.24. The van der Waals surface area contributed by atoms with Crippen LogP contribution in [-0.4, -0.2) is 37.4 Å². The Balaban J connectivity index is 1.78. The molecule has 0 radical (unpaired) electrons. The van der Waals surface area contributed by atoms with Crippen LogP contribution in [-0.2, 0) is 13.6 Å². The zero-order chi connectivity index (χ0) is 13.4. The number of nitrogens with zero attached hydrogens (tertiary/aromatic N) is 4.